The summed E-state index contributed by atoms with van der Waals surface area (Å²) in [6.07, 6.45) is -11.0. The summed E-state index contributed by atoms with van der Waals surface area (Å²) in [6.45, 7) is -0.218. The molecule has 0 radical (unpaired) electrons. The normalized spacial score (nSPS) is 37.6. The van der Waals surface area contributed by atoms with Gasteiger partial charge in [0.05, 0.1) is 6.61 Å². The van der Waals surface area contributed by atoms with Crippen molar-refractivity contribution in [2.75, 3.05) is 19.9 Å². The van der Waals surface area contributed by atoms with Crippen LogP contribution >= 0.6 is 0 Å². The molecule has 5 N–H and O–H groups in total. The van der Waals surface area contributed by atoms with Crippen LogP contribution in [0.4, 0.5) is 0 Å². The number of benzene rings is 1. The van der Waals surface area contributed by atoms with Gasteiger partial charge < -0.3 is 49.4 Å². The van der Waals surface area contributed by atoms with E-state index < -0.39 is 61.3 Å². The second kappa shape index (κ2) is 9.04. The number of nitrogens with zero attached hydrogens (tertiary/aromatic N) is 1. The van der Waals surface area contributed by atoms with Crippen LogP contribution in [-0.2, 0) is 25.6 Å². The van der Waals surface area contributed by atoms with E-state index in [1.54, 1.807) is 12.1 Å². The molecule has 4 heterocycles. The van der Waals surface area contributed by atoms with E-state index in [2.05, 4.69) is 0 Å². The molecular formula is C22H27NO11. The lowest BCUT2D eigenvalue weighted by Crippen LogP contribution is -2.60. The number of ketones is 1. The van der Waals surface area contributed by atoms with E-state index >= 15 is 0 Å². The first-order chi connectivity index (χ1) is 16.3. The van der Waals surface area contributed by atoms with Gasteiger partial charge in [0.2, 0.25) is 6.79 Å². The molecule has 0 spiro atoms. The smallest absolute Gasteiger partial charge is 0.254 e. The third-order valence-corrected chi connectivity index (χ3v) is 6.92. The topological polar surface area (TPSA) is 175 Å². The van der Waals surface area contributed by atoms with E-state index in [-0.39, 0.29) is 32.1 Å². The first-order valence-corrected chi connectivity index (χ1v) is 11.2. The number of aliphatic hydroxyl groups excluding tert-OH is 5. The zero-order valence-electron chi connectivity index (χ0n) is 18.1. The molecule has 4 aliphatic heterocycles. The Hall–Kier alpha value is -2.32. The molecule has 12 heteroatoms. The van der Waals surface area contributed by atoms with Crippen LogP contribution in [0, 0.1) is 0 Å². The molecule has 0 aromatic heterocycles. The maximum absolute atomic E-state index is 13.4. The van der Waals surface area contributed by atoms with Gasteiger partial charge in [-0.1, -0.05) is 0 Å². The number of amides is 1. The highest BCUT2D eigenvalue weighted by molar-refractivity contribution is 5.90. The number of Topliss-reactive ketones (excluding diaryl/α,β-unsaturated/α-hetero) is 1. The molecular weight excluding hydrogens is 454 g/mol. The summed E-state index contributed by atoms with van der Waals surface area (Å²) in [5.41, 5.74) is 1.45. The van der Waals surface area contributed by atoms with Crippen molar-refractivity contribution in [2.45, 2.75) is 68.2 Å². The SMILES string of the molecule is O=C1C[C@@H](O[C@H]2O[C@H](CO)[C@@H](O)[C@H](O)[C@@H]2O)[C@H](O)C(=O)N2CC[C@@H]1c1cc3c(cc1C2)OCO3. The maximum Gasteiger partial charge on any atom is 0.254 e. The van der Waals surface area contributed by atoms with Gasteiger partial charge in [0.15, 0.2) is 23.9 Å². The maximum atomic E-state index is 13.4. The van der Waals surface area contributed by atoms with E-state index in [4.69, 9.17) is 18.9 Å². The Morgan fingerprint density at radius 1 is 1.03 bits per heavy atom. The number of carbonyl (C=O) groups is 2. The van der Waals surface area contributed by atoms with Gasteiger partial charge in [-0.15, -0.1) is 0 Å². The third kappa shape index (κ3) is 3.94. The van der Waals surface area contributed by atoms with Gasteiger partial charge in [0.1, 0.15) is 36.3 Å². The average molecular weight is 481 g/mol. The first-order valence-electron chi connectivity index (χ1n) is 11.2. The highest BCUT2D eigenvalue weighted by Gasteiger charge is 2.47. The van der Waals surface area contributed by atoms with E-state index in [0.29, 0.717) is 23.5 Å². The molecule has 2 bridgehead atoms. The summed E-state index contributed by atoms with van der Waals surface area (Å²) in [7, 11) is 0. The van der Waals surface area contributed by atoms with Gasteiger partial charge in [-0.3, -0.25) is 9.59 Å². The van der Waals surface area contributed by atoms with Crippen molar-refractivity contribution < 1.29 is 54.1 Å². The van der Waals surface area contributed by atoms with E-state index in [1.807, 2.05) is 0 Å². The Labute approximate surface area is 194 Å². The van der Waals surface area contributed by atoms with Gasteiger partial charge in [-0.25, -0.2) is 0 Å². The summed E-state index contributed by atoms with van der Waals surface area (Å²) in [6, 6.07) is 3.50. The Bertz CT molecular complexity index is 968. The number of hydrogen-bond acceptors (Lipinski definition) is 11. The molecule has 0 aliphatic carbocycles. The lowest BCUT2D eigenvalue weighted by atomic mass is 9.86. The van der Waals surface area contributed by atoms with Crippen molar-refractivity contribution in [3.63, 3.8) is 0 Å². The van der Waals surface area contributed by atoms with Crippen LogP contribution in [0.15, 0.2) is 12.1 Å². The van der Waals surface area contributed by atoms with E-state index in [0.717, 1.165) is 5.56 Å². The number of aliphatic hydroxyl groups is 5. The molecule has 4 aliphatic rings. The van der Waals surface area contributed by atoms with Crippen LogP contribution in [-0.4, -0.2) is 105 Å². The van der Waals surface area contributed by atoms with Crippen molar-refractivity contribution in [1.29, 1.82) is 0 Å². The Morgan fingerprint density at radius 3 is 2.50 bits per heavy atom. The fourth-order valence-corrected chi connectivity index (χ4v) is 4.98. The highest BCUT2D eigenvalue weighted by atomic mass is 16.7. The fourth-order valence-electron chi connectivity index (χ4n) is 4.98. The lowest BCUT2D eigenvalue weighted by Gasteiger charge is -2.41. The zero-order chi connectivity index (χ0) is 24.1. The summed E-state index contributed by atoms with van der Waals surface area (Å²) in [5, 5.41) is 50.6. The standard InChI is InChI=1S/C22H27NO11/c24-7-16-17(26)19(28)20(29)22(34-16)33-15-5-12(25)10-1-2-23(21(30)18(15)27)6-9-3-13-14(4-11(9)10)32-8-31-13/h3-4,10,15-20,22,24,26-29H,1-2,5-8H2/t10-,15-,16-,17-,18+,19+,20+,22+/m1/s1. The van der Waals surface area contributed by atoms with Crippen LogP contribution < -0.4 is 9.47 Å². The van der Waals surface area contributed by atoms with Crippen LogP contribution in [0.1, 0.15) is 29.9 Å². The Kier molecular flexibility index (Phi) is 6.23. The second-order valence-electron chi connectivity index (χ2n) is 8.99. The van der Waals surface area contributed by atoms with Gasteiger partial charge >= 0.3 is 0 Å². The molecule has 2 saturated heterocycles. The number of rotatable bonds is 3. The predicted molar refractivity (Wildman–Crippen MR) is 110 cm³/mol. The predicted octanol–water partition coefficient (Wildman–Crippen LogP) is -2.25. The van der Waals surface area contributed by atoms with Crippen molar-refractivity contribution in [3.8, 4) is 11.5 Å². The molecule has 0 unspecified atom stereocenters. The minimum atomic E-state index is -1.74. The quantitative estimate of drug-likeness (QED) is 0.315. The minimum absolute atomic E-state index is 0.0627. The number of carbonyl (C=O) groups excluding carboxylic acids is 2. The van der Waals surface area contributed by atoms with Crippen molar-refractivity contribution in [2.24, 2.45) is 0 Å². The van der Waals surface area contributed by atoms with Crippen molar-refractivity contribution >= 4 is 11.7 Å². The number of hydrogen-bond donors (Lipinski definition) is 5. The molecule has 1 aromatic rings. The van der Waals surface area contributed by atoms with Gasteiger partial charge in [-0.2, -0.15) is 0 Å². The highest BCUT2D eigenvalue weighted by Crippen LogP contribution is 2.41. The van der Waals surface area contributed by atoms with Gasteiger partial charge in [-0.05, 0) is 29.7 Å². The zero-order valence-corrected chi connectivity index (χ0v) is 18.1. The second-order valence-corrected chi connectivity index (χ2v) is 8.99. The molecule has 2 fully saturated rings. The fraction of sp³-hybridized carbons (Fsp3) is 0.636. The Morgan fingerprint density at radius 2 is 1.76 bits per heavy atom. The largest absolute Gasteiger partial charge is 0.454 e. The summed E-state index contributed by atoms with van der Waals surface area (Å²) < 4.78 is 21.9. The number of ether oxygens (including phenoxy) is 4. The monoisotopic (exact) mass is 481 g/mol. The van der Waals surface area contributed by atoms with Crippen LogP contribution in [0.5, 0.6) is 11.5 Å². The van der Waals surface area contributed by atoms with Crippen molar-refractivity contribution in [1.82, 2.24) is 4.90 Å². The Balaban J connectivity index is 1.44. The van der Waals surface area contributed by atoms with Crippen LogP contribution in [0.2, 0.25) is 0 Å². The summed E-state index contributed by atoms with van der Waals surface area (Å²) >= 11 is 0. The van der Waals surface area contributed by atoms with Crippen LogP contribution in [0.25, 0.3) is 0 Å². The lowest BCUT2D eigenvalue weighted by molar-refractivity contribution is -0.315. The molecule has 12 nitrogen and oxygen atoms in total. The number of fused-ring (bicyclic) bond motifs is 6. The first kappa shape index (κ1) is 23.4. The summed E-state index contributed by atoms with van der Waals surface area (Å²) in [5.74, 6) is -0.490. The molecule has 34 heavy (non-hydrogen) atoms. The minimum Gasteiger partial charge on any atom is -0.454 e. The van der Waals surface area contributed by atoms with Gasteiger partial charge in [0, 0.05) is 25.4 Å². The molecule has 186 valence electrons. The van der Waals surface area contributed by atoms with Gasteiger partial charge in [0.25, 0.3) is 5.91 Å². The third-order valence-electron chi connectivity index (χ3n) is 6.92. The molecule has 1 aromatic carbocycles. The van der Waals surface area contributed by atoms with Crippen molar-refractivity contribution in [3.05, 3.63) is 23.3 Å². The van der Waals surface area contributed by atoms with E-state index in [9.17, 15) is 35.1 Å². The molecule has 1 amide bonds. The molecule has 0 saturated carbocycles. The van der Waals surface area contributed by atoms with E-state index in [1.165, 1.54) is 4.90 Å². The molecule has 5 rings (SSSR count). The summed E-state index contributed by atoms with van der Waals surface area (Å²) in [4.78, 5) is 28.0. The average Bonchev–Trinajstić information content (AvgIpc) is 3.21. The molecule has 8 atom stereocenters. The van der Waals surface area contributed by atoms with Crippen LogP contribution in [0.3, 0.4) is 0 Å².